The Morgan fingerprint density at radius 2 is 1.92 bits per heavy atom. The third-order valence-corrected chi connectivity index (χ3v) is 4.58. The van der Waals surface area contributed by atoms with E-state index < -0.39 is 0 Å². The number of nitrogens with one attached hydrogen (secondary N) is 1. The normalized spacial score (nSPS) is 15.5. The number of piperidine rings is 1. The monoisotopic (exact) mass is 332 g/mol. The van der Waals surface area contributed by atoms with Gasteiger partial charge in [-0.2, -0.15) is 0 Å². The lowest BCUT2D eigenvalue weighted by Gasteiger charge is -2.33. The highest BCUT2D eigenvalue weighted by atomic mass is 16.5. The van der Waals surface area contributed by atoms with Gasteiger partial charge in [0.15, 0.2) is 6.61 Å². The molecule has 1 N–H and O–H groups in total. The molecule has 0 spiro atoms. The van der Waals surface area contributed by atoms with E-state index in [0.717, 1.165) is 29.7 Å². The van der Waals surface area contributed by atoms with Crippen molar-refractivity contribution in [1.29, 1.82) is 0 Å². The summed E-state index contributed by atoms with van der Waals surface area (Å²) < 4.78 is 5.64. The fourth-order valence-corrected chi connectivity index (χ4v) is 2.90. The van der Waals surface area contributed by atoms with Crippen LogP contribution in [0.2, 0.25) is 0 Å². The van der Waals surface area contributed by atoms with E-state index in [1.807, 2.05) is 50.8 Å². The van der Waals surface area contributed by atoms with E-state index in [1.165, 1.54) is 0 Å². The Morgan fingerprint density at radius 3 is 2.54 bits per heavy atom. The lowest BCUT2D eigenvalue weighted by atomic mass is 10.0. The first-order valence-corrected chi connectivity index (χ1v) is 8.65. The highest BCUT2D eigenvalue weighted by Gasteiger charge is 2.25. The van der Waals surface area contributed by atoms with Crippen LogP contribution in [0.25, 0.3) is 0 Å². The van der Waals surface area contributed by atoms with Gasteiger partial charge in [0, 0.05) is 25.0 Å². The number of likely N-dealkylation sites (tertiary alicyclic amines) is 1. The van der Waals surface area contributed by atoms with Crippen molar-refractivity contribution in [2.24, 2.45) is 5.92 Å². The number of carbonyl (C=O) groups is 2. The molecule has 2 amide bonds. The number of ether oxygens (including phenoxy) is 1. The van der Waals surface area contributed by atoms with Gasteiger partial charge in [0.1, 0.15) is 5.75 Å². The second-order valence-corrected chi connectivity index (χ2v) is 6.81. The molecule has 132 valence electrons. The standard InChI is InChI=1S/C19H28N2O3/c1-13(2)19(23)21-10-8-16(9-11-21)20-18(22)12-24-17-7-5-6-14(3)15(17)4/h5-7,13,16H,8-12H2,1-4H3,(H,20,22). The first kappa shape index (κ1) is 18.3. The van der Waals surface area contributed by atoms with Crippen LogP contribution in [0.4, 0.5) is 0 Å². The first-order chi connectivity index (χ1) is 11.4. The molecule has 24 heavy (non-hydrogen) atoms. The van der Waals surface area contributed by atoms with Crippen molar-refractivity contribution in [3.8, 4) is 5.75 Å². The molecule has 5 nitrogen and oxygen atoms in total. The molecule has 1 aliphatic rings. The fourth-order valence-electron chi connectivity index (χ4n) is 2.90. The summed E-state index contributed by atoms with van der Waals surface area (Å²) in [6, 6.07) is 5.95. The smallest absolute Gasteiger partial charge is 0.258 e. The van der Waals surface area contributed by atoms with Gasteiger partial charge in [0.2, 0.25) is 5.91 Å². The molecule has 0 unspecified atom stereocenters. The van der Waals surface area contributed by atoms with Gasteiger partial charge in [-0.3, -0.25) is 9.59 Å². The van der Waals surface area contributed by atoms with Crippen LogP contribution in [0.1, 0.15) is 37.8 Å². The summed E-state index contributed by atoms with van der Waals surface area (Å²) in [5.41, 5.74) is 2.21. The predicted molar refractivity (Wildman–Crippen MR) is 94.0 cm³/mol. The third kappa shape index (κ3) is 4.73. The van der Waals surface area contributed by atoms with Crippen LogP contribution in [0.3, 0.4) is 0 Å². The number of hydrogen-bond donors (Lipinski definition) is 1. The van der Waals surface area contributed by atoms with Gasteiger partial charge in [0.05, 0.1) is 0 Å². The Hall–Kier alpha value is -2.04. The van der Waals surface area contributed by atoms with E-state index in [4.69, 9.17) is 4.74 Å². The molecule has 0 radical (unpaired) electrons. The molecule has 1 fully saturated rings. The summed E-state index contributed by atoms with van der Waals surface area (Å²) in [5.74, 6) is 0.868. The summed E-state index contributed by atoms with van der Waals surface area (Å²) in [5, 5.41) is 3.01. The first-order valence-electron chi connectivity index (χ1n) is 8.65. The lowest BCUT2D eigenvalue weighted by molar-refractivity contribution is -0.135. The average Bonchev–Trinajstić information content (AvgIpc) is 2.56. The summed E-state index contributed by atoms with van der Waals surface area (Å²) in [6.45, 7) is 9.29. The van der Waals surface area contributed by atoms with Gasteiger partial charge in [-0.15, -0.1) is 0 Å². The predicted octanol–water partition coefficient (Wildman–Crippen LogP) is 2.45. The van der Waals surface area contributed by atoms with Gasteiger partial charge in [-0.1, -0.05) is 26.0 Å². The Labute approximate surface area is 144 Å². The van der Waals surface area contributed by atoms with Crippen molar-refractivity contribution in [2.45, 2.75) is 46.6 Å². The number of amides is 2. The second kappa shape index (κ2) is 8.18. The third-order valence-electron chi connectivity index (χ3n) is 4.58. The summed E-state index contributed by atoms with van der Waals surface area (Å²) in [4.78, 5) is 25.9. The van der Waals surface area contributed by atoms with E-state index in [1.54, 1.807) is 0 Å². The molecule has 1 aromatic rings. The highest BCUT2D eigenvalue weighted by Crippen LogP contribution is 2.20. The highest BCUT2D eigenvalue weighted by molar-refractivity contribution is 5.79. The fraction of sp³-hybridized carbons (Fsp3) is 0.579. The van der Waals surface area contributed by atoms with Crippen LogP contribution in [0.5, 0.6) is 5.75 Å². The number of benzene rings is 1. The van der Waals surface area contributed by atoms with Gasteiger partial charge in [-0.25, -0.2) is 0 Å². The maximum absolute atomic E-state index is 12.1. The van der Waals surface area contributed by atoms with Crippen LogP contribution in [-0.2, 0) is 9.59 Å². The molecule has 1 saturated heterocycles. The van der Waals surface area contributed by atoms with Crippen molar-refractivity contribution in [2.75, 3.05) is 19.7 Å². The van der Waals surface area contributed by atoms with Crippen molar-refractivity contribution < 1.29 is 14.3 Å². The molecule has 0 atom stereocenters. The zero-order valence-corrected chi connectivity index (χ0v) is 15.1. The number of hydrogen-bond acceptors (Lipinski definition) is 3. The van der Waals surface area contributed by atoms with Gasteiger partial charge < -0.3 is 15.0 Å². The molecule has 5 heteroatoms. The van der Waals surface area contributed by atoms with Crippen LogP contribution < -0.4 is 10.1 Å². The lowest BCUT2D eigenvalue weighted by Crippen LogP contribution is -2.48. The minimum Gasteiger partial charge on any atom is -0.483 e. The van der Waals surface area contributed by atoms with E-state index in [2.05, 4.69) is 5.32 Å². The maximum atomic E-state index is 12.1. The summed E-state index contributed by atoms with van der Waals surface area (Å²) in [7, 11) is 0. The summed E-state index contributed by atoms with van der Waals surface area (Å²) in [6.07, 6.45) is 1.60. The Kier molecular flexibility index (Phi) is 6.23. The SMILES string of the molecule is Cc1cccc(OCC(=O)NC2CCN(C(=O)C(C)C)CC2)c1C. The van der Waals surface area contributed by atoms with Crippen molar-refractivity contribution in [1.82, 2.24) is 10.2 Å². The quantitative estimate of drug-likeness (QED) is 0.901. The number of carbonyl (C=O) groups excluding carboxylic acids is 2. The number of nitrogens with zero attached hydrogens (tertiary/aromatic N) is 1. The van der Waals surface area contributed by atoms with E-state index >= 15 is 0 Å². The number of aryl methyl sites for hydroxylation is 1. The molecule has 1 aliphatic heterocycles. The molecule has 0 aromatic heterocycles. The minimum atomic E-state index is -0.107. The van der Waals surface area contributed by atoms with Crippen molar-refractivity contribution in [3.63, 3.8) is 0 Å². The van der Waals surface area contributed by atoms with Crippen LogP contribution in [0.15, 0.2) is 18.2 Å². The zero-order valence-electron chi connectivity index (χ0n) is 15.1. The van der Waals surface area contributed by atoms with Gasteiger partial charge in [-0.05, 0) is 43.9 Å². The Balaban J connectivity index is 1.76. The molecule has 1 aromatic carbocycles. The Morgan fingerprint density at radius 1 is 1.25 bits per heavy atom. The van der Waals surface area contributed by atoms with E-state index in [0.29, 0.717) is 13.1 Å². The van der Waals surface area contributed by atoms with Crippen LogP contribution >= 0.6 is 0 Å². The molecule has 0 saturated carbocycles. The van der Waals surface area contributed by atoms with Crippen molar-refractivity contribution in [3.05, 3.63) is 29.3 Å². The summed E-state index contributed by atoms with van der Waals surface area (Å²) >= 11 is 0. The van der Waals surface area contributed by atoms with Crippen LogP contribution in [0, 0.1) is 19.8 Å². The minimum absolute atomic E-state index is 0.0232. The second-order valence-electron chi connectivity index (χ2n) is 6.81. The molecule has 0 aliphatic carbocycles. The number of rotatable bonds is 5. The van der Waals surface area contributed by atoms with E-state index in [9.17, 15) is 9.59 Å². The molecule has 0 bridgehead atoms. The van der Waals surface area contributed by atoms with E-state index in [-0.39, 0.29) is 30.4 Å². The zero-order chi connectivity index (χ0) is 17.7. The average molecular weight is 332 g/mol. The van der Waals surface area contributed by atoms with Gasteiger partial charge >= 0.3 is 0 Å². The molecule has 2 rings (SSSR count). The molecular formula is C19H28N2O3. The van der Waals surface area contributed by atoms with Gasteiger partial charge in [0.25, 0.3) is 5.91 Å². The topological polar surface area (TPSA) is 58.6 Å². The maximum Gasteiger partial charge on any atom is 0.258 e. The largest absolute Gasteiger partial charge is 0.483 e. The Bertz CT molecular complexity index is 590. The van der Waals surface area contributed by atoms with Crippen molar-refractivity contribution >= 4 is 11.8 Å². The molecule has 1 heterocycles. The molecular weight excluding hydrogens is 304 g/mol. The van der Waals surface area contributed by atoms with Crippen LogP contribution in [-0.4, -0.2) is 42.5 Å².